The first-order valence-corrected chi connectivity index (χ1v) is 12.1. The Morgan fingerprint density at radius 3 is 2.02 bits per heavy atom. The minimum Gasteiger partial charge on any atom is -0.394 e. The average Bonchev–Trinajstić information content (AvgIpc) is 2.89. The molecular formula is C28H29F6N3O3. The lowest BCUT2D eigenvalue weighted by Gasteiger charge is -2.32. The van der Waals surface area contributed by atoms with E-state index in [0.29, 0.717) is 29.1 Å². The lowest BCUT2D eigenvalue weighted by atomic mass is 9.81. The minimum absolute atomic E-state index is 0.0189. The van der Waals surface area contributed by atoms with Crippen LogP contribution in [0.5, 0.6) is 0 Å². The maximum absolute atomic E-state index is 13.8. The van der Waals surface area contributed by atoms with Crippen molar-refractivity contribution in [2.45, 2.75) is 44.6 Å². The van der Waals surface area contributed by atoms with E-state index in [9.17, 15) is 36.2 Å². The summed E-state index contributed by atoms with van der Waals surface area (Å²) in [7, 11) is 1.36. The van der Waals surface area contributed by atoms with Crippen molar-refractivity contribution in [3.63, 3.8) is 0 Å². The summed E-state index contributed by atoms with van der Waals surface area (Å²) in [5.41, 5.74) is -3.00. The van der Waals surface area contributed by atoms with Gasteiger partial charge in [-0.1, -0.05) is 24.3 Å². The summed E-state index contributed by atoms with van der Waals surface area (Å²) >= 11 is 0. The normalized spacial score (nSPS) is 13.2. The molecule has 0 aliphatic heterocycles. The van der Waals surface area contributed by atoms with Gasteiger partial charge in [-0.05, 0) is 61.7 Å². The Bertz CT molecular complexity index is 1340. The zero-order valence-electron chi connectivity index (χ0n) is 22.2. The number of aliphatic hydroxyl groups excluding tert-OH is 2. The molecule has 0 bridgehead atoms. The molecule has 1 heterocycles. The van der Waals surface area contributed by atoms with Gasteiger partial charge in [0.15, 0.2) is 0 Å². The number of pyridine rings is 1. The molecule has 0 radical (unpaired) electrons. The lowest BCUT2D eigenvalue weighted by Crippen LogP contribution is -2.42. The Morgan fingerprint density at radius 2 is 1.50 bits per heavy atom. The first-order chi connectivity index (χ1) is 18.5. The van der Waals surface area contributed by atoms with Gasteiger partial charge in [0.2, 0.25) is 5.91 Å². The van der Waals surface area contributed by atoms with Crippen LogP contribution in [0.3, 0.4) is 0 Å². The number of anilines is 2. The number of benzene rings is 2. The Hall–Kier alpha value is -3.64. The topological polar surface area (TPSA) is 85.7 Å². The maximum Gasteiger partial charge on any atom is 0.416 e. The summed E-state index contributed by atoms with van der Waals surface area (Å²) in [5.74, 6) is -0.463. The summed E-state index contributed by atoms with van der Waals surface area (Å²) < 4.78 is 81.0. The molecule has 0 spiro atoms. The van der Waals surface area contributed by atoms with Gasteiger partial charge in [0.05, 0.1) is 41.1 Å². The van der Waals surface area contributed by atoms with E-state index in [4.69, 9.17) is 5.11 Å². The molecule has 1 amide bonds. The average molecular weight is 570 g/mol. The van der Waals surface area contributed by atoms with Gasteiger partial charge in [0.25, 0.3) is 0 Å². The number of aliphatic hydroxyl groups is 2. The van der Waals surface area contributed by atoms with Gasteiger partial charge < -0.3 is 20.4 Å². The number of amides is 1. The highest BCUT2D eigenvalue weighted by Gasteiger charge is 2.41. The van der Waals surface area contributed by atoms with E-state index in [1.165, 1.54) is 27.1 Å². The maximum atomic E-state index is 13.8. The van der Waals surface area contributed by atoms with Crippen LogP contribution >= 0.6 is 0 Å². The van der Waals surface area contributed by atoms with Crippen molar-refractivity contribution < 1.29 is 41.4 Å². The van der Waals surface area contributed by atoms with Crippen LogP contribution < -0.4 is 10.2 Å². The number of alkyl halides is 6. The third kappa shape index (κ3) is 6.73. The van der Waals surface area contributed by atoms with Gasteiger partial charge in [-0.15, -0.1) is 0 Å². The van der Waals surface area contributed by atoms with Gasteiger partial charge in [0, 0.05) is 19.2 Å². The van der Waals surface area contributed by atoms with Crippen LogP contribution in [-0.4, -0.2) is 47.4 Å². The Kier molecular flexibility index (Phi) is 8.85. The molecule has 216 valence electrons. The summed E-state index contributed by atoms with van der Waals surface area (Å²) in [6.07, 6.45) is -9.83. The summed E-state index contributed by atoms with van der Waals surface area (Å²) in [6, 6.07) is 9.92. The molecule has 0 aliphatic carbocycles. The monoisotopic (exact) mass is 569 g/mol. The predicted molar refractivity (Wildman–Crippen MR) is 139 cm³/mol. The summed E-state index contributed by atoms with van der Waals surface area (Å²) in [6.45, 7) is 3.85. The number of carbonyl (C=O) groups excluding carboxylic acids is 1. The van der Waals surface area contributed by atoms with Crippen molar-refractivity contribution in [1.82, 2.24) is 4.98 Å². The highest BCUT2D eigenvalue weighted by Crippen LogP contribution is 2.41. The van der Waals surface area contributed by atoms with Crippen LogP contribution in [0.25, 0.3) is 11.1 Å². The standard InChI is InChI=1S/C28H29F6N3O3/c1-16-7-5-6-8-21(16)22-12-24(35-13-20(39)15-38)36-14-23(22)37(4)25(40)26(2,3)17-9-18(27(29,30)31)11-19(10-17)28(32,33)34/h5-12,14,20,38-39H,13,15H2,1-4H3,(H,35,36). The van der Waals surface area contributed by atoms with Gasteiger partial charge >= 0.3 is 12.4 Å². The van der Waals surface area contributed by atoms with Crippen LogP contribution in [0.15, 0.2) is 54.7 Å². The van der Waals surface area contributed by atoms with Gasteiger partial charge in [-0.2, -0.15) is 26.3 Å². The molecule has 40 heavy (non-hydrogen) atoms. The lowest BCUT2D eigenvalue weighted by molar-refractivity contribution is -0.143. The van der Waals surface area contributed by atoms with E-state index >= 15 is 0 Å². The fraction of sp³-hybridized carbons (Fsp3) is 0.357. The highest BCUT2D eigenvalue weighted by molar-refractivity contribution is 6.03. The van der Waals surface area contributed by atoms with Crippen LogP contribution in [0.4, 0.5) is 37.8 Å². The Labute approximate surface area is 227 Å². The van der Waals surface area contributed by atoms with Gasteiger partial charge in [0.1, 0.15) is 5.82 Å². The van der Waals surface area contributed by atoms with Crippen LogP contribution in [0.1, 0.15) is 36.1 Å². The van der Waals surface area contributed by atoms with E-state index in [1.807, 2.05) is 13.0 Å². The van der Waals surface area contributed by atoms with E-state index in [1.54, 1.807) is 24.3 Å². The number of aromatic nitrogens is 1. The Morgan fingerprint density at radius 1 is 0.950 bits per heavy atom. The highest BCUT2D eigenvalue weighted by atomic mass is 19.4. The first-order valence-electron chi connectivity index (χ1n) is 12.1. The second-order valence-corrected chi connectivity index (χ2v) is 9.90. The van der Waals surface area contributed by atoms with Crippen LogP contribution in [-0.2, 0) is 22.6 Å². The van der Waals surface area contributed by atoms with E-state index < -0.39 is 53.1 Å². The van der Waals surface area contributed by atoms with E-state index in [0.717, 1.165) is 10.5 Å². The summed E-state index contributed by atoms with van der Waals surface area (Å²) in [4.78, 5) is 19.2. The molecule has 6 nitrogen and oxygen atoms in total. The minimum atomic E-state index is -5.06. The molecule has 12 heteroatoms. The summed E-state index contributed by atoms with van der Waals surface area (Å²) in [5, 5.41) is 21.6. The number of likely N-dealkylation sites (N-methyl/N-ethyl adjacent to an activating group) is 1. The number of nitrogens with zero attached hydrogens (tertiary/aromatic N) is 2. The van der Waals surface area contributed by atoms with E-state index in [-0.39, 0.29) is 18.3 Å². The molecule has 1 atom stereocenters. The fourth-order valence-electron chi connectivity index (χ4n) is 4.16. The molecule has 0 saturated heterocycles. The SMILES string of the molecule is Cc1ccccc1-c1cc(NCC(O)CO)ncc1N(C)C(=O)C(C)(C)c1cc(C(F)(F)F)cc(C(F)(F)F)c1. The number of carbonyl (C=O) groups is 1. The zero-order chi connectivity index (χ0) is 30.0. The van der Waals surface area contributed by atoms with Crippen molar-refractivity contribution >= 4 is 17.4 Å². The van der Waals surface area contributed by atoms with Gasteiger partial charge in [-0.25, -0.2) is 4.98 Å². The zero-order valence-corrected chi connectivity index (χ0v) is 22.2. The predicted octanol–water partition coefficient (Wildman–Crippen LogP) is 5.80. The Balaban J connectivity index is 2.11. The molecule has 0 fully saturated rings. The second kappa shape index (κ2) is 11.5. The first kappa shape index (κ1) is 30.9. The number of nitrogens with one attached hydrogen (secondary N) is 1. The number of hydrogen-bond donors (Lipinski definition) is 3. The van der Waals surface area contributed by atoms with Gasteiger partial charge in [-0.3, -0.25) is 4.79 Å². The van der Waals surface area contributed by atoms with Crippen molar-refractivity contribution in [1.29, 1.82) is 0 Å². The van der Waals surface area contributed by atoms with Crippen LogP contribution in [0.2, 0.25) is 0 Å². The third-order valence-electron chi connectivity index (χ3n) is 6.56. The second-order valence-electron chi connectivity index (χ2n) is 9.90. The third-order valence-corrected chi connectivity index (χ3v) is 6.56. The molecule has 3 aromatic rings. The smallest absolute Gasteiger partial charge is 0.394 e. The molecule has 3 N–H and O–H groups in total. The number of halogens is 6. The molecular weight excluding hydrogens is 540 g/mol. The van der Waals surface area contributed by atoms with Crippen molar-refractivity contribution in [2.75, 3.05) is 30.4 Å². The number of aryl methyl sites for hydroxylation is 1. The largest absolute Gasteiger partial charge is 0.416 e. The quantitative estimate of drug-likeness (QED) is 0.299. The molecule has 2 aromatic carbocycles. The molecule has 3 rings (SSSR count). The van der Waals surface area contributed by atoms with Crippen molar-refractivity contribution in [3.8, 4) is 11.1 Å². The molecule has 1 aromatic heterocycles. The fourth-order valence-corrected chi connectivity index (χ4v) is 4.16. The van der Waals surface area contributed by atoms with Crippen LogP contribution in [0, 0.1) is 6.92 Å². The molecule has 0 saturated carbocycles. The van der Waals surface area contributed by atoms with Crippen molar-refractivity contribution in [2.24, 2.45) is 0 Å². The molecule has 0 aliphatic rings. The van der Waals surface area contributed by atoms with E-state index in [2.05, 4.69) is 10.3 Å². The number of hydrogen-bond acceptors (Lipinski definition) is 5. The van der Waals surface area contributed by atoms with Crippen molar-refractivity contribution in [3.05, 3.63) is 77.0 Å². The number of rotatable bonds is 8. The molecule has 1 unspecified atom stereocenters.